The molecule has 3 aromatic rings. The van der Waals surface area contributed by atoms with Crippen LogP contribution in [0.2, 0.25) is 0 Å². The highest BCUT2D eigenvalue weighted by Crippen LogP contribution is 2.32. The Morgan fingerprint density at radius 3 is 2.03 bits per heavy atom. The van der Waals surface area contributed by atoms with Crippen LogP contribution in [0.25, 0.3) is 0 Å². The minimum absolute atomic E-state index is 0.0154. The Balaban J connectivity index is 1.74. The molecule has 0 fully saturated rings. The van der Waals surface area contributed by atoms with E-state index in [9.17, 15) is 27.6 Å². The third-order valence-corrected chi connectivity index (χ3v) is 6.86. The fourth-order valence-corrected chi connectivity index (χ4v) is 4.69. The number of imide groups is 1. The van der Waals surface area contributed by atoms with Crippen LogP contribution in [0.4, 0.5) is 5.69 Å². The van der Waals surface area contributed by atoms with Crippen LogP contribution >= 0.6 is 0 Å². The summed E-state index contributed by atoms with van der Waals surface area (Å²) >= 11 is 0. The molecule has 0 radical (unpaired) electrons. The van der Waals surface area contributed by atoms with Crippen molar-refractivity contribution in [1.82, 2.24) is 0 Å². The molecule has 1 N–H and O–H groups in total. The molecule has 0 spiro atoms. The number of Topliss-reactive ketones (excluding diaryl/α,β-unsaturated/α-hetero) is 1. The van der Waals surface area contributed by atoms with E-state index in [4.69, 9.17) is 5.11 Å². The van der Waals surface area contributed by atoms with Crippen LogP contribution in [0, 0.1) is 0 Å². The number of benzene rings is 3. The number of carboxylic acid groups (broad SMARTS) is 1. The van der Waals surface area contributed by atoms with Crippen LogP contribution in [-0.2, 0) is 9.84 Å². The van der Waals surface area contributed by atoms with Gasteiger partial charge in [-0.3, -0.25) is 14.4 Å². The van der Waals surface area contributed by atoms with E-state index in [1.54, 1.807) is 0 Å². The molecule has 0 aromatic heterocycles. The number of hydrogen-bond acceptors (Lipinski definition) is 6. The van der Waals surface area contributed by atoms with Crippen LogP contribution in [-0.4, -0.2) is 37.1 Å². The van der Waals surface area contributed by atoms with Crippen LogP contribution in [0.5, 0.6) is 0 Å². The number of sulfone groups is 1. The quantitative estimate of drug-likeness (QED) is 0.468. The van der Waals surface area contributed by atoms with Crippen LogP contribution in [0.15, 0.2) is 76.5 Å². The summed E-state index contributed by atoms with van der Waals surface area (Å²) in [5.41, 5.74) is 0.244. The van der Waals surface area contributed by atoms with Gasteiger partial charge in [0, 0.05) is 5.56 Å². The minimum Gasteiger partial charge on any atom is -0.478 e. The molecule has 4 rings (SSSR count). The maximum atomic E-state index is 13.0. The first-order valence-electron chi connectivity index (χ1n) is 9.33. The molecule has 0 saturated carbocycles. The van der Waals surface area contributed by atoms with Crippen LogP contribution < -0.4 is 4.90 Å². The van der Waals surface area contributed by atoms with Gasteiger partial charge < -0.3 is 5.11 Å². The molecule has 0 aliphatic carbocycles. The molecular formula is C23H15NO7S. The van der Waals surface area contributed by atoms with Gasteiger partial charge in [0.25, 0.3) is 11.8 Å². The first-order chi connectivity index (χ1) is 15.1. The topological polar surface area (TPSA) is 126 Å². The van der Waals surface area contributed by atoms with E-state index in [1.165, 1.54) is 67.6 Å². The van der Waals surface area contributed by atoms with Gasteiger partial charge in [-0.15, -0.1) is 0 Å². The number of fused-ring (bicyclic) bond motifs is 1. The number of hydrogen-bond donors (Lipinski definition) is 1. The first-order valence-corrected chi connectivity index (χ1v) is 10.8. The lowest BCUT2D eigenvalue weighted by atomic mass is 10.1. The normalized spacial score (nSPS) is 13.2. The largest absolute Gasteiger partial charge is 0.478 e. The Kier molecular flexibility index (Phi) is 4.98. The van der Waals surface area contributed by atoms with Gasteiger partial charge in [0.1, 0.15) is 0 Å². The molecule has 1 aliphatic rings. The zero-order valence-electron chi connectivity index (χ0n) is 16.6. The highest BCUT2D eigenvalue weighted by Gasteiger charge is 2.38. The van der Waals surface area contributed by atoms with Crippen molar-refractivity contribution in [3.05, 3.63) is 89.0 Å². The maximum Gasteiger partial charge on any atom is 0.335 e. The van der Waals surface area contributed by atoms with Gasteiger partial charge in [-0.1, -0.05) is 18.2 Å². The number of carbonyl (C=O) groups excluding carboxylic acids is 3. The highest BCUT2D eigenvalue weighted by molar-refractivity contribution is 7.91. The molecule has 1 heterocycles. The summed E-state index contributed by atoms with van der Waals surface area (Å²) in [6.45, 7) is 1.37. The van der Waals surface area contributed by atoms with Crippen molar-refractivity contribution in [1.29, 1.82) is 0 Å². The van der Waals surface area contributed by atoms with Gasteiger partial charge in [-0.25, -0.2) is 18.1 Å². The van der Waals surface area contributed by atoms with E-state index in [1.807, 2.05) is 0 Å². The molecule has 8 nitrogen and oxygen atoms in total. The zero-order chi connectivity index (χ0) is 23.2. The second-order valence-electron chi connectivity index (χ2n) is 7.09. The Hall–Kier alpha value is -4.11. The summed E-state index contributed by atoms with van der Waals surface area (Å²) in [5.74, 6) is -2.85. The van der Waals surface area contributed by atoms with Crippen LogP contribution in [0.3, 0.4) is 0 Å². The van der Waals surface area contributed by atoms with Gasteiger partial charge in [0.15, 0.2) is 5.78 Å². The second kappa shape index (κ2) is 7.54. The van der Waals surface area contributed by atoms with Crippen molar-refractivity contribution in [2.75, 3.05) is 4.90 Å². The van der Waals surface area contributed by atoms with Crippen molar-refractivity contribution in [2.45, 2.75) is 16.7 Å². The van der Waals surface area contributed by atoms with E-state index < -0.39 is 27.6 Å². The van der Waals surface area contributed by atoms with Crippen molar-refractivity contribution in [3.8, 4) is 0 Å². The number of rotatable bonds is 5. The third-order valence-electron chi connectivity index (χ3n) is 5.09. The zero-order valence-corrected chi connectivity index (χ0v) is 17.4. The first kappa shape index (κ1) is 21.1. The molecule has 1 aliphatic heterocycles. The number of ketones is 1. The lowest BCUT2D eigenvalue weighted by Gasteiger charge is -2.14. The van der Waals surface area contributed by atoms with Gasteiger partial charge in [-0.05, 0) is 55.5 Å². The smallest absolute Gasteiger partial charge is 0.335 e. The molecule has 2 amide bonds. The van der Waals surface area contributed by atoms with Crippen LogP contribution in [0.1, 0.15) is 48.4 Å². The third kappa shape index (κ3) is 3.38. The number of anilines is 1. The lowest BCUT2D eigenvalue weighted by Crippen LogP contribution is -2.29. The SMILES string of the molecule is CC(=O)c1ccc(S(=O)(=O)c2ccc3c(c2)C(=O)N(c2cccc(C(=O)O)c2)C3=O)cc1. The van der Waals surface area contributed by atoms with Gasteiger partial charge in [-0.2, -0.15) is 0 Å². The fourth-order valence-electron chi connectivity index (χ4n) is 3.40. The summed E-state index contributed by atoms with van der Waals surface area (Å²) < 4.78 is 26.0. The molecule has 0 unspecified atom stereocenters. The monoisotopic (exact) mass is 449 g/mol. The molecule has 0 bridgehead atoms. The fraction of sp³-hybridized carbons (Fsp3) is 0.0435. The summed E-state index contributed by atoms with van der Waals surface area (Å²) in [4.78, 5) is 49.0. The van der Waals surface area contributed by atoms with E-state index in [2.05, 4.69) is 0 Å². The Morgan fingerprint density at radius 1 is 0.781 bits per heavy atom. The Morgan fingerprint density at radius 2 is 1.41 bits per heavy atom. The molecule has 32 heavy (non-hydrogen) atoms. The van der Waals surface area contributed by atoms with Crippen molar-refractivity contribution >= 4 is 39.1 Å². The average molecular weight is 449 g/mol. The molecule has 9 heteroatoms. The Bertz CT molecular complexity index is 1420. The summed E-state index contributed by atoms with van der Waals surface area (Å²) in [6.07, 6.45) is 0. The predicted octanol–water partition coefficient (Wildman–Crippen LogP) is 3.22. The van der Waals surface area contributed by atoms with E-state index in [-0.39, 0.29) is 38.0 Å². The molecular weight excluding hydrogens is 434 g/mol. The number of nitrogens with zero attached hydrogens (tertiary/aromatic N) is 1. The summed E-state index contributed by atoms with van der Waals surface area (Å²) in [6, 6.07) is 14.4. The predicted molar refractivity (Wildman–Crippen MR) is 113 cm³/mol. The van der Waals surface area contributed by atoms with E-state index in [0.29, 0.717) is 5.56 Å². The van der Waals surface area contributed by atoms with Crippen molar-refractivity contribution < 1.29 is 32.7 Å². The van der Waals surface area contributed by atoms with Crippen molar-refractivity contribution in [2.24, 2.45) is 0 Å². The number of aromatic carboxylic acids is 1. The number of amides is 2. The number of carboxylic acids is 1. The molecule has 0 atom stereocenters. The Labute approximate surface area is 182 Å². The van der Waals surface area contributed by atoms with Crippen molar-refractivity contribution in [3.63, 3.8) is 0 Å². The van der Waals surface area contributed by atoms with Gasteiger partial charge in [0.2, 0.25) is 9.84 Å². The molecule has 3 aromatic carbocycles. The van der Waals surface area contributed by atoms with E-state index >= 15 is 0 Å². The lowest BCUT2D eigenvalue weighted by molar-refractivity contribution is 0.0695. The summed E-state index contributed by atoms with van der Waals surface area (Å²) in [7, 11) is -4.02. The maximum absolute atomic E-state index is 13.0. The second-order valence-corrected chi connectivity index (χ2v) is 9.04. The summed E-state index contributed by atoms with van der Waals surface area (Å²) in [5, 5.41) is 9.17. The standard InChI is InChI=1S/C23H15NO7S/c1-13(25)14-5-7-17(8-6-14)32(30,31)18-9-10-19-20(12-18)22(27)24(21(19)26)16-4-2-3-15(11-16)23(28)29/h2-12H,1H3,(H,28,29). The van der Waals surface area contributed by atoms with E-state index in [0.717, 1.165) is 11.0 Å². The average Bonchev–Trinajstić information content (AvgIpc) is 3.03. The molecule has 0 saturated heterocycles. The minimum atomic E-state index is -4.02. The number of carbonyl (C=O) groups is 4. The van der Waals surface area contributed by atoms with Gasteiger partial charge >= 0.3 is 5.97 Å². The van der Waals surface area contributed by atoms with Gasteiger partial charge in [0.05, 0.1) is 32.2 Å². The molecule has 160 valence electrons. The highest BCUT2D eigenvalue weighted by atomic mass is 32.2.